The zero-order chi connectivity index (χ0) is 10.7. The largest absolute Gasteiger partial charge is 0.328 e. The first-order valence-electron chi connectivity index (χ1n) is 3.08. The first kappa shape index (κ1) is 12.5. The summed E-state index contributed by atoms with van der Waals surface area (Å²) in [5, 5.41) is -1.46. The van der Waals surface area contributed by atoms with Gasteiger partial charge in [-0.15, -0.1) is 0 Å². The monoisotopic (exact) mass is 232 g/mol. The van der Waals surface area contributed by atoms with Crippen LogP contribution in [0, 0.1) is 0 Å². The van der Waals surface area contributed by atoms with Gasteiger partial charge < -0.3 is 0 Å². The Labute approximate surface area is 75.3 Å². The quantitative estimate of drug-likeness (QED) is 0.599. The van der Waals surface area contributed by atoms with Crippen LogP contribution in [-0.4, -0.2) is 36.8 Å². The summed E-state index contributed by atoms with van der Waals surface area (Å²) in [7, 11) is -8.93. The van der Waals surface area contributed by atoms with Gasteiger partial charge in [-0.1, -0.05) is 0 Å². The first-order valence-corrected chi connectivity index (χ1v) is 6.13. The molecule has 13 heavy (non-hydrogen) atoms. The molecule has 0 radical (unpaired) electrons. The second-order valence-corrected chi connectivity index (χ2v) is 5.21. The Kier molecular flexibility index (Phi) is 3.97. The molecule has 0 atom stereocenters. The standard InChI is InChI=1S/C4H8O7S2/c5-4(13(9,10)11)2-1-3-12(6,7)8/h1-3H2,(H,6,7,8)(H,9,10,11). The molecule has 0 heterocycles. The molecule has 2 N–H and O–H groups in total. The van der Waals surface area contributed by atoms with Gasteiger partial charge in [0, 0.05) is 6.42 Å². The fourth-order valence-electron chi connectivity index (χ4n) is 0.528. The Hall–Kier alpha value is -0.510. The number of carbonyl (C=O) groups is 1. The summed E-state index contributed by atoms with van der Waals surface area (Å²) in [5.74, 6) is -0.714. The maximum absolute atomic E-state index is 10.4. The minimum Gasteiger partial charge on any atom is -0.286 e. The van der Waals surface area contributed by atoms with Crippen LogP contribution in [0.1, 0.15) is 12.8 Å². The van der Waals surface area contributed by atoms with Crippen LogP contribution in [0.3, 0.4) is 0 Å². The highest BCUT2D eigenvalue weighted by Crippen LogP contribution is 1.99. The lowest BCUT2D eigenvalue weighted by Crippen LogP contribution is -2.14. The van der Waals surface area contributed by atoms with Gasteiger partial charge in [0.15, 0.2) is 0 Å². The Balaban J connectivity index is 4.02. The zero-order valence-corrected chi connectivity index (χ0v) is 8.01. The molecule has 7 nitrogen and oxygen atoms in total. The third-order valence-electron chi connectivity index (χ3n) is 1.07. The van der Waals surface area contributed by atoms with E-state index in [1.807, 2.05) is 0 Å². The predicted molar refractivity (Wildman–Crippen MR) is 42.2 cm³/mol. The SMILES string of the molecule is O=C(CCCS(=O)(=O)O)S(=O)(=O)O. The molecule has 0 unspecified atom stereocenters. The van der Waals surface area contributed by atoms with Crippen LogP contribution >= 0.6 is 0 Å². The summed E-state index contributed by atoms with van der Waals surface area (Å²) in [5.41, 5.74) is 0. The van der Waals surface area contributed by atoms with Crippen molar-refractivity contribution in [2.24, 2.45) is 0 Å². The molecule has 0 aliphatic carbocycles. The molecule has 0 aromatic heterocycles. The van der Waals surface area contributed by atoms with Crippen molar-refractivity contribution < 1.29 is 30.7 Å². The van der Waals surface area contributed by atoms with Crippen LogP contribution in [0.25, 0.3) is 0 Å². The van der Waals surface area contributed by atoms with Crippen molar-refractivity contribution >= 4 is 25.4 Å². The van der Waals surface area contributed by atoms with Crippen molar-refractivity contribution in [3.63, 3.8) is 0 Å². The molecule has 0 saturated carbocycles. The fraction of sp³-hybridized carbons (Fsp3) is 0.750. The van der Waals surface area contributed by atoms with Gasteiger partial charge in [-0.3, -0.25) is 13.9 Å². The molecule has 9 heteroatoms. The normalized spacial score (nSPS) is 12.8. The molecule has 0 saturated heterocycles. The lowest BCUT2D eigenvalue weighted by molar-refractivity contribution is -0.112. The van der Waals surface area contributed by atoms with Crippen LogP contribution in [-0.2, 0) is 25.0 Å². The van der Waals surface area contributed by atoms with Crippen LogP contribution in [0.4, 0.5) is 0 Å². The highest BCUT2D eigenvalue weighted by Gasteiger charge is 2.18. The Morgan fingerprint density at radius 1 is 1.08 bits per heavy atom. The second kappa shape index (κ2) is 4.13. The average Bonchev–Trinajstić information content (AvgIpc) is 1.82. The van der Waals surface area contributed by atoms with Gasteiger partial charge in [-0.05, 0) is 6.42 Å². The van der Waals surface area contributed by atoms with Crippen LogP contribution in [0.15, 0.2) is 0 Å². The molecule has 0 aliphatic rings. The maximum Gasteiger partial charge on any atom is 0.328 e. The summed E-state index contributed by atoms with van der Waals surface area (Å²) in [6.45, 7) is 0. The zero-order valence-electron chi connectivity index (χ0n) is 6.37. The number of carbonyl (C=O) groups excluding carboxylic acids is 1. The summed E-state index contributed by atoms with van der Waals surface area (Å²) in [4.78, 5) is 10.4. The third-order valence-corrected chi connectivity index (χ3v) is 2.66. The highest BCUT2D eigenvalue weighted by molar-refractivity contribution is 8.01. The van der Waals surface area contributed by atoms with Gasteiger partial charge in [0.1, 0.15) is 0 Å². The van der Waals surface area contributed by atoms with E-state index in [-0.39, 0.29) is 6.42 Å². The third kappa shape index (κ3) is 6.63. The van der Waals surface area contributed by atoms with Crippen molar-refractivity contribution in [3.8, 4) is 0 Å². The molecule has 0 fully saturated rings. The number of rotatable bonds is 4. The highest BCUT2D eigenvalue weighted by atomic mass is 32.2. The van der Waals surface area contributed by atoms with E-state index < -0.39 is 37.5 Å². The second-order valence-electron chi connectivity index (χ2n) is 2.24. The number of hydrogen-bond donors (Lipinski definition) is 2. The molecular weight excluding hydrogens is 224 g/mol. The Bertz CT molecular complexity index is 375. The fourth-order valence-corrected chi connectivity index (χ4v) is 1.44. The van der Waals surface area contributed by atoms with Crippen LogP contribution in [0.5, 0.6) is 0 Å². The summed E-state index contributed by atoms with van der Waals surface area (Å²) < 4.78 is 56.7. The van der Waals surface area contributed by atoms with Gasteiger partial charge in [-0.2, -0.15) is 16.8 Å². The molecular formula is C4H8O7S2. The van der Waals surface area contributed by atoms with Gasteiger partial charge in [-0.25, -0.2) is 0 Å². The molecule has 0 spiro atoms. The van der Waals surface area contributed by atoms with Crippen LogP contribution < -0.4 is 0 Å². The van der Waals surface area contributed by atoms with Gasteiger partial charge in [0.05, 0.1) is 5.75 Å². The van der Waals surface area contributed by atoms with E-state index >= 15 is 0 Å². The van der Waals surface area contributed by atoms with E-state index in [1.54, 1.807) is 0 Å². The molecule has 0 aromatic carbocycles. The minimum atomic E-state index is -4.74. The van der Waals surface area contributed by atoms with Crippen LogP contribution in [0.2, 0.25) is 0 Å². The van der Waals surface area contributed by atoms with Gasteiger partial charge >= 0.3 is 10.1 Å². The van der Waals surface area contributed by atoms with E-state index in [1.165, 1.54) is 0 Å². The molecule has 0 aromatic rings. The summed E-state index contributed by atoms with van der Waals surface area (Å²) in [6, 6.07) is 0. The molecule has 0 bridgehead atoms. The van der Waals surface area contributed by atoms with E-state index in [9.17, 15) is 21.6 Å². The lowest BCUT2D eigenvalue weighted by Gasteiger charge is -1.95. The van der Waals surface area contributed by atoms with Crippen molar-refractivity contribution in [2.45, 2.75) is 12.8 Å². The Morgan fingerprint density at radius 3 is 1.85 bits per heavy atom. The van der Waals surface area contributed by atoms with E-state index in [0.29, 0.717) is 0 Å². The number of hydrogen-bond acceptors (Lipinski definition) is 5. The van der Waals surface area contributed by atoms with Crippen molar-refractivity contribution in [3.05, 3.63) is 0 Å². The van der Waals surface area contributed by atoms with E-state index in [4.69, 9.17) is 9.11 Å². The van der Waals surface area contributed by atoms with E-state index in [0.717, 1.165) is 0 Å². The van der Waals surface area contributed by atoms with Gasteiger partial charge in [0.2, 0.25) is 0 Å². The van der Waals surface area contributed by atoms with Gasteiger partial charge in [0.25, 0.3) is 15.2 Å². The van der Waals surface area contributed by atoms with Crippen molar-refractivity contribution in [1.29, 1.82) is 0 Å². The average molecular weight is 232 g/mol. The maximum atomic E-state index is 10.4. The smallest absolute Gasteiger partial charge is 0.286 e. The minimum absolute atomic E-state index is 0.350. The van der Waals surface area contributed by atoms with Crippen molar-refractivity contribution in [2.75, 3.05) is 5.75 Å². The van der Waals surface area contributed by atoms with E-state index in [2.05, 4.69) is 0 Å². The van der Waals surface area contributed by atoms with Crippen molar-refractivity contribution in [1.82, 2.24) is 0 Å². The molecule has 0 amide bonds. The first-order chi connectivity index (χ1) is 5.63. The Morgan fingerprint density at radius 2 is 1.54 bits per heavy atom. The lowest BCUT2D eigenvalue weighted by atomic mass is 10.4. The summed E-state index contributed by atoms with van der Waals surface area (Å²) in [6.07, 6.45) is -0.990. The molecule has 0 aliphatic heterocycles. The molecule has 0 rings (SSSR count). The summed E-state index contributed by atoms with van der Waals surface area (Å²) >= 11 is 0. The topological polar surface area (TPSA) is 126 Å². The molecule has 78 valence electrons. The predicted octanol–water partition coefficient (Wildman–Crippen LogP) is -0.931.